The maximum Gasteiger partial charge on any atom is 0.417 e. The predicted molar refractivity (Wildman–Crippen MR) is 131 cm³/mol. The van der Waals surface area contributed by atoms with Crippen LogP contribution in [0.2, 0.25) is 0 Å². The lowest BCUT2D eigenvalue weighted by Gasteiger charge is -2.41. The summed E-state index contributed by atoms with van der Waals surface area (Å²) in [4.78, 5) is 53.5. The van der Waals surface area contributed by atoms with E-state index in [0.29, 0.717) is 12.8 Å². The van der Waals surface area contributed by atoms with E-state index in [4.69, 9.17) is 4.74 Å². The Bertz CT molecular complexity index is 1090. The number of nitrogens with one attached hydrogen (secondary N) is 1. The van der Waals surface area contributed by atoms with E-state index in [-0.39, 0.29) is 49.9 Å². The molecule has 4 amide bonds. The Kier molecular flexibility index (Phi) is 8.78. The number of likely N-dealkylation sites (tertiary alicyclic amines) is 1. The van der Waals surface area contributed by atoms with Gasteiger partial charge in [0.1, 0.15) is 5.75 Å². The van der Waals surface area contributed by atoms with E-state index in [0.717, 1.165) is 17.0 Å². The maximum absolute atomic E-state index is 14.2. The van der Waals surface area contributed by atoms with Gasteiger partial charge in [-0.05, 0) is 45.7 Å². The van der Waals surface area contributed by atoms with Crippen LogP contribution in [0.1, 0.15) is 62.9 Å². The number of carbonyl (C=O) groups is 4. The molecule has 1 aromatic rings. The molecular formula is C25H33F3N4O6. The monoisotopic (exact) mass is 542 g/mol. The van der Waals surface area contributed by atoms with Crippen molar-refractivity contribution >= 4 is 29.5 Å². The summed E-state index contributed by atoms with van der Waals surface area (Å²) in [5.41, 5.74) is -1.88. The molecule has 2 heterocycles. The molecular weight excluding hydrogens is 509 g/mol. The number of carboxylic acid groups (broad SMARTS) is 1. The number of ether oxygens (including phenoxy) is 1. The molecule has 2 aliphatic heterocycles. The largest absolute Gasteiger partial charge is 0.479 e. The van der Waals surface area contributed by atoms with Gasteiger partial charge in [-0.25, -0.2) is 4.79 Å². The maximum atomic E-state index is 14.2. The van der Waals surface area contributed by atoms with Crippen LogP contribution in [-0.4, -0.2) is 83.1 Å². The highest BCUT2D eigenvalue weighted by atomic mass is 19.4. The fourth-order valence-electron chi connectivity index (χ4n) is 4.84. The molecule has 0 aromatic heterocycles. The minimum Gasteiger partial charge on any atom is -0.479 e. The molecule has 1 saturated heterocycles. The second kappa shape index (κ2) is 11.5. The lowest BCUT2D eigenvalue weighted by Crippen LogP contribution is -2.54. The zero-order valence-corrected chi connectivity index (χ0v) is 21.8. The number of alkyl halides is 3. The van der Waals surface area contributed by atoms with Gasteiger partial charge in [0.25, 0.3) is 11.8 Å². The standard InChI is InChI=1S/C25H33F3N4O6/c1-5-21(33)29-8-10-31-19-11-17(18(25(26,27)28)12-20(19)38-15(4)22(31)34)23(35)32(14(2)3)16-7-6-9-30(13-16)24(36)37/h11-12,14-16H,5-10,13H2,1-4H3,(H,29,33)(H,36,37)/t15-,16+/m0/s1. The second-order valence-electron chi connectivity index (χ2n) is 9.65. The summed E-state index contributed by atoms with van der Waals surface area (Å²) < 4.78 is 48.1. The SMILES string of the molecule is CCC(=O)NCCN1C(=O)[C@H](C)Oc2cc(C(F)(F)F)c(C(=O)N(C(C)C)[C@@H]3CCCN(C(=O)O)C3)cc21. The lowest BCUT2D eigenvalue weighted by atomic mass is 9.97. The van der Waals surface area contributed by atoms with Crippen molar-refractivity contribution in [2.45, 2.75) is 71.3 Å². The van der Waals surface area contributed by atoms with Gasteiger partial charge in [0, 0.05) is 38.6 Å². The smallest absolute Gasteiger partial charge is 0.417 e. The highest BCUT2D eigenvalue weighted by molar-refractivity contribution is 6.03. The normalized spacial score (nSPS) is 19.6. The second-order valence-corrected chi connectivity index (χ2v) is 9.65. The van der Waals surface area contributed by atoms with Crippen molar-refractivity contribution < 1.29 is 42.2 Å². The van der Waals surface area contributed by atoms with Crippen LogP contribution in [-0.2, 0) is 15.8 Å². The number of anilines is 1. The molecule has 1 fully saturated rings. The number of amides is 4. The van der Waals surface area contributed by atoms with E-state index in [2.05, 4.69) is 5.32 Å². The molecule has 38 heavy (non-hydrogen) atoms. The first kappa shape index (κ1) is 29.1. The Balaban J connectivity index is 2.06. The van der Waals surface area contributed by atoms with E-state index in [1.807, 2.05) is 0 Å². The van der Waals surface area contributed by atoms with Crippen LogP contribution in [0.15, 0.2) is 12.1 Å². The van der Waals surface area contributed by atoms with Gasteiger partial charge in [0.15, 0.2) is 6.10 Å². The molecule has 2 aliphatic rings. The average molecular weight is 543 g/mol. The van der Waals surface area contributed by atoms with E-state index in [9.17, 15) is 37.5 Å². The summed E-state index contributed by atoms with van der Waals surface area (Å²) in [5, 5.41) is 12.0. The van der Waals surface area contributed by atoms with Gasteiger partial charge < -0.3 is 29.9 Å². The number of rotatable bonds is 7. The number of benzene rings is 1. The minimum atomic E-state index is -4.91. The third kappa shape index (κ3) is 6.13. The summed E-state index contributed by atoms with van der Waals surface area (Å²) in [7, 11) is 0. The van der Waals surface area contributed by atoms with Crippen molar-refractivity contribution in [3.8, 4) is 5.75 Å². The van der Waals surface area contributed by atoms with Crippen molar-refractivity contribution in [2.75, 3.05) is 31.1 Å². The number of piperidine rings is 1. The summed E-state index contributed by atoms with van der Waals surface area (Å²) in [6.45, 7) is 6.65. The van der Waals surface area contributed by atoms with Crippen molar-refractivity contribution in [3.63, 3.8) is 0 Å². The quantitative estimate of drug-likeness (QED) is 0.546. The summed E-state index contributed by atoms with van der Waals surface area (Å²) in [6.07, 6.45) is -6.02. The Morgan fingerprint density at radius 2 is 1.95 bits per heavy atom. The Labute approximate surface area is 218 Å². The first-order valence-electron chi connectivity index (χ1n) is 12.6. The Hall–Kier alpha value is -3.51. The van der Waals surface area contributed by atoms with Crippen LogP contribution in [0.4, 0.5) is 23.7 Å². The Morgan fingerprint density at radius 3 is 2.53 bits per heavy atom. The van der Waals surface area contributed by atoms with Crippen LogP contribution >= 0.6 is 0 Å². The van der Waals surface area contributed by atoms with Crippen LogP contribution in [0.3, 0.4) is 0 Å². The van der Waals surface area contributed by atoms with Crippen molar-refractivity contribution in [1.29, 1.82) is 0 Å². The van der Waals surface area contributed by atoms with E-state index >= 15 is 0 Å². The van der Waals surface area contributed by atoms with Gasteiger partial charge in [0.05, 0.1) is 22.9 Å². The highest BCUT2D eigenvalue weighted by Crippen LogP contribution is 2.42. The van der Waals surface area contributed by atoms with Gasteiger partial charge in [-0.3, -0.25) is 14.4 Å². The van der Waals surface area contributed by atoms with Crippen LogP contribution < -0.4 is 15.0 Å². The molecule has 2 N–H and O–H groups in total. The molecule has 10 nitrogen and oxygen atoms in total. The van der Waals surface area contributed by atoms with E-state index in [1.54, 1.807) is 20.8 Å². The van der Waals surface area contributed by atoms with Crippen molar-refractivity contribution in [2.24, 2.45) is 0 Å². The number of carbonyl (C=O) groups excluding carboxylic acids is 3. The van der Waals surface area contributed by atoms with Crippen molar-refractivity contribution in [3.05, 3.63) is 23.3 Å². The number of halogens is 3. The number of hydrogen-bond donors (Lipinski definition) is 2. The molecule has 0 unspecified atom stereocenters. The number of hydrogen-bond acceptors (Lipinski definition) is 5. The minimum absolute atomic E-state index is 0.00490. The predicted octanol–water partition coefficient (Wildman–Crippen LogP) is 3.34. The molecule has 1 aromatic carbocycles. The molecule has 13 heteroatoms. The van der Waals surface area contributed by atoms with Gasteiger partial charge in [0.2, 0.25) is 5.91 Å². The fourth-order valence-corrected chi connectivity index (χ4v) is 4.84. The zero-order chi connectivity index (χ0) is 28.4. The molecule has 0 spiro atoms. The van der Waals surface area contributed by atoms with Crippen LogP contribution in [0, 0.1) is 0 Å². The summed E-state index contributed by atoms with van der Waals surface area (Å²) >= 11 is 0. The molecule has 3 rings (SSSR count). The van der Waals surface area contributed by atoms with E-state index < -0.39 is 53.4 Å². The number of fused-ring (bicyclic) bond motifs is 1. The molecule has 0 bridgehead atoms. The Morgan fingerprint density at radius 1 is 1.26 bits per heavy atom. The third-order valence-corrected chi connectivity index (χ3v) is 6.67. The fraction of sp³-hybridized carbons (Fsp3) is 0.600. The molecule has 0 aliphatic carbocycles. The molecule has 2 atom stereocenters. The topological polar surface area (TPSA) is 119 Å². The molecule has 0 saturated carbocycles. The third-order valence-electron chi connectivity index (χ3n) is 6.67. The first-order chi connectivity index (χ1) is 17.8. The molecule has 0 radical (unpaired) electrons. The van der Waals surface area contributed by atoms with Crippen LogP contribution in [0.25, 0.3) is 0 Å². The lowest BCUT2D eigenvalue weighted by molar-refractivity contribution is -0.138. The van der Waals surface area contributed by atoms with Gasteiger partial charge in [-0.2, -0.15) is 13.2 Å². The van der Waals surface area contributed by atoms with Crippen LogP contribution in [0.5, 0.6) is 5.75 Å². The highest BCUT2D eigenvalue weighted by Gasteiger charge is 2.42. The average Bonchev–Trinajstić information content (AvgIpc) is 2.84. The van der Waals surface area contributed by atoms with Crippen molar-refractivity contribution in [1.82, 2.24) is 15.1 Å². The number of nitrogens with zero attached hydrogens (tertiary/aromatic N) is 3. The van der Waals surface area contributed by atoms with Gasteiger partial charge >= 0.3 is 12.3 Å². The van der Waals surface area contributed by atoms with Gasteiger partial charge in [-0.15, -0.1) is 0 Å². The molecule has 210 valence electrons. The summed E-state index contributed by atoms with van der Waals surface area (Å²) in [5.74, 6) is -1.89. The van der Waals surface area contributed by atoms with Gasteiger partial charge in [-0.1, -0.05) is 6.92 Å². The summed E-state index contributed by atoms with van der Waals surface area (Å²) in [6, 6.07) is 0.588. The first-order valence-corrected chi connectivity index (χ1v) is 12.6. The van der Waals surface area contributed by atoms with E-state index in [1.165, 1.54) is 16.7 Å². The zero-order valence-electron chi connectivity index (χ0n) is 21.8.